The van der Waals surface area contributed by atoms with E-state index >= 15 is 0 Å². The van der Waals surface area contributed by atoms with Crippen LogP contribution >= 0.6 is 0 Å². The van der Waals surface area contributed by atoms with Crippen LogP contribution in [0, 0.1) is 6.92 Å². The maximum atomic E-state index is 10.6. The molecule has 0 bridgehead atoms. The molecule has 0 aliphatic carbocycles. The maximum Gasteiger partial charge on any atom is 0.304 e. The summed E-state index contributed by atoms with van der Waals surface area (Å²) in [6, 6.07) is 17.7. The fourth-order valence-electron chi connectivity index (χ4n) is 3.00. The second-order valence-corrected chi connectivity index (χ2v) is 7.01. The molecule has 3 aromatic rings. The van der Waals surface area contributed by atoms with Gasteiger partial charge < -0.3 is 19.2 Å². The van der Waals surface area contributed by atoms with Crippen molar-refractivity contribution in [3.63, 3.8) is 0 Å². The number of hydrogen-bond donors (Lipinski definition) is 1. The second kappa shape index (κ2) is 9.89. The van der Waals surface area contributed by atoms with Crippen molar-refractivity contribution in [2.75, 3.05) is 20.2 Å². The van der Waals surface area contributed by atoms with Crippen LogP contribution in [0.15, 0.2) is 59.0 Å². The van der Waals surface area contributed by atoms with Crippen LogP contribution in [0.4, 0.5) is 0 Å². The quantitative estimate of drug-likeness (QED) is 0.556. The highest BCUT2D eigenvalue weighted by Crippen LogP contribution is 2.22. The molecule has 1 aromatic heterocycles. The Balaban J connectivity index is 1.48. The summed E-state index contributed by atoms with van der Waals surface area (Å²) in [4.78, 5) is 17.2. The van der Waals surface area contributed by atoms with Gasteiger partial charge in [0, 0.05) is 25.1 Å². The van der Waals surface area contributed by atoms with Crippen LogP contribution in [0.1, 0.15) is 23.4 Å². The number of benzene rings is 2. The van der Waals surface area contributed by atoms with E-state index < -0.39 is 5.97 Å². The molecule has 6 heteroatoms. The van der Waals surface area contributed by atoms with Gasteiger partial charge in [-0.15, -0.1) is 0 Å². The van der Waals surface area contributed by atoms with Crippen molar-refractivity contribution in [2.45, 2.75) is 26.3 Å². The molecule has 0 amide bonds. The Kier molecular flexibility index (Phi) is 7.03. The molecular weight excluding hydrogens is 368 g/mol. The predicted molar refractivity (Wildman–Crippen MR) is 111 cm³/mol. The van der Waals surface area contributed by atoms with Gasteiger partial charge in [0.05, 0.1) is 18.7 Å². The molecule has 152 valence electrons. The summed E-state index contributed by atoms with van der Waals surface area (Å²) in [6.45, 7) is 3.66. The van der Waals surface area contributed by atoms with Gasteiger partial charge in [-0.25, -0.2) is 4.98 Å². The summed E-state index contributed by atoms with van der Waals surface area (Å²) in [5.74, 6) is 1.46. The Morgan fingerprint density at radius 3 is 2.55 bits per heavy atom. The van der Waals surface area contributed by atoms with Gasteiger partial charge in [0.25, 0.3) is 0 Å². The molecule has 0 aliphatic rings. The van der Waals surface area contributed by atoms with E-state index in [1.807, 2.05) is 73.5 Å². The van der Waals surface area contributed by atoms with Gasteiger partial charge in [0.2, 0.25) is 5.89 Å². The lowest BCUT2D eigenvalue weighted by Crippen LogP contribution is -2.21. The number of rotatable bonds is 10. The van der Waals surface area contributed by atoms with Crippen molar-refractivity contribution in [3.8, 4) is 17.2 Å². The van der Waals surface area contributed by atoms with E-state index in [-0.39, 0.29) is 6.42 Å². The van der Waals surface area contributed by atoms with Crippen LogP contribution < -0.4 is 4.74 Å². The van der Waals surface area contributed by atoms with Crippen molar-refractivity contribution >= 4 is 5.97 Å². The van der Waals surface area contributed by atoms with Crippen LogP contribution in [0.5, 0.6) is 5.75 Å². The first-order valence-electron chi connectivity index (χ1n) is 9.65. The van der Waals surface area contributed by atoms with Gasteiger partial charge in [0.1, 0.15) is 11.5 Å². The molecule has 1 N–H and O–H groups in total. The van der Waals surface area contributed by atoms with Crippen LogP contribution in [0.25, 0.3) is 11.5 Å². The number of carboxylic acids is 1. The Bertz CT molecular complexity index is 920. The summed E-state index contributed by atoms with van der Waals surface area (Å²) in [5, 5.41) is 8.75. The van der Waals surface area contributed by atoms with Gasteiger partial charge >= 0.3 is 5.97 Å². The van der Waals surface area contributed by atoms with Crippen molar-refractivity contribution in [1.82, 2.24) is 9.88 Å². The minimum Gasteiger partial charge on any atom is -0.493 e. The molecule has 6 nitrogen and oxygen atoms in total. The first-order valence-corrected chi connectivity index (χ1v) is 9.65. The van der Waals surface area contributed by atoms with Crippen molar-refractivity contribution < 1.29 is 19.1 Å². The number of aliphatic carboxylic acids is 1. The molecule has 0 saturated heterocycles. The van der Waals surface area contributed by atoms with Crippen LogP contribution in [0.3, 0.4) is 0 Å². The zero-order valence-corrected chi connectivity index (χ0v) is 16.8. The highest BCUT2D eigenvalue weighted by atomic mass is 16.5. The third-order valence-corrected chi connectivity index (χ3v) is 4.60. The average molecular weight is 394 g/mol. The summed E-state index contributed by atoms with van der Waals surface area (Å²) in [6.07, 6.45) is 0.812. The molecule has 0 fully saturated rings. The lowest BCUT2D eigenvalue weighted by Gasteiger charge is -2.15. The molecule has 0 aliphatic heterocycles. The van der Waals surface area contributed by atoms with E-state index in [4.69, 9.17) is 14.3 Å². The topological polar surface area (TPSA) is 75.8 Å². The van der Waals surface area contributed by atoms with E-state index in [9.17, 15) is 4.79 Å². The third kappa shape index (κ3) is 6.19. The molecule has 0 unspecified atom stereocenters. The summed E-state index contributed by atoms with van der Waals surface area (Å²) in [7, 11) is 1.91. The predicted octanol–water partition coefficient (Wildman–Crippen LogP) is 4.18. The van der Waals surface area contributed by atoms with Crippen LogP contribution in [-0.4, -0.2) is 41.2 Å². The molecule has 0 atom stereocenters. The summed E-state index contributed by atoms with van der Waals surface area (Å²) < 4.78 is 11.6. The molecule has 0 saturated carbocycles. The van der Waals surface area contributed by atoms with E-state index in [1.54, 1.807) is 0 Å². The summed E-state index contributed by atoms with van der Waals surface area (Å²) >= 11 is 0. The normalized spacial score (nSPS) is 11.0. The fraction of sp³-hybridized carbons (Fsp3) is 0.304. The van der Waals surface area contributed by atoms with E-state index in [2.05, 4.69) is 4.98 Å². The highest BCUT2D eigenvalue weighted by molar-refractivity contribution is 5.66. The van der Waals surface area contributed by atoms with Gasteiger partial charge in [0.15, 0.2) is 0 Å². The highest BCUT2D eigenvalue weighted by Gasteiger charge is 2.11. The molecule has 3 rings (SSSR count). The first-order chi connectivity index (χ1) is 14.0. The zero-order valence-electron chi connectivity index (χ0n) is 16.8. The lowest BCUT2D eigenvalue weighted by atomic mass is 10.2. The van der Waals surface area contributed by atoms with Crippen LogP contribution in [-0.2, 0) is 17.8 Å². The molecule has 2 aromatic carbocycles. The van der Waals surface area contributed by atoms with Gasteiger partial charge in [-0.05, 0) is 43.8 Å². The van der Waals surface area contributed by atoms with Crippen LogP contribution in [0.2, 0.25) is 0 Å². The van der Waals surface area contributed by atoms with Gasteiger partial charge in [-0.2, -0.15) is 0 Å². The summed E-state index contributed by atoms with van der Waals surface area (Å²) in [5.41, 5.74) is 2.98. The molecule has 29 heavy (non-hydrogen) atoms. The van der Waals surface area contributed by atoms with Gasteiger partial charge in [-0.3, -0.25) is 4.79 Å². The Labute approximate surface area is 170 Å². The molecule has 1 heterocycles. The average Bonchev–Trinajstić information content (AvgIpc) is 3.09. The number of aryl methyl sites for hydroxylation is 1. The molecular formula is C23H26N2O4. The standard InChI is InChI=1S/C23H26N2O4/c1-17-21(24-23(29-17)19-6-4-3-5-7-19)13-15-28-20-10-8-18(9-11-20)16-25(2)14-12-22(26)27/h3-11H,12-16H2,1-2H3,(H,26,27). The van der Waals surface area contributed by atoms with Crippen molar-refractivity contribution in [1.29, 1.82) is 0 Å². The Morgan fingerprint density at radius 2 is 1.86 bits per heavy atom. The van der Waals surface area contributed by atoms with E-state index in [1.165, 1.54) is 0 Å². The number of ether oxygens (including phenoxy) is 1. The monoisotopic (exact) mass is 394 g/mol. The maximum absolute atomic E-state index is 10.6. The molecule has 0 spiro atoms. The van der Waals surface area contributed by atoms with Gasteiger partial charge in [-0.1, -0.05) is 30.3 Å². The SMILES string of the molecule is Cc1oc(-c2ccccc2)nc1CCOc1ccc(CN(C)CCC(=O)O)cc1. The number of aromatic nitrogens is 1. The lowest BCUT2D eigenvalue weighted by molar-refractivity contribution is -0.137. The number of carbonyl (C=O) groups is 1. The van der Waals surface area contributed by atoms with E-state index in [0.29, 0.717) is 32.0 Å². The smallest absolute Gasteiger partial charge is 0.304 e. The first kappa shape index (κ1) is 20.6. The van der Waals surface area contributed by atoms with E-state index in [0.717, 1.165) is 28.3 Å². The second-order valence-electron chi connectivity index (χ2n) is 7.01. The largest absolute Gasteiger partial charge is 0.493 e. The zero-order chi connectivity index (χ0) is 20.6. The fourth-order valence-corrected chi connectivity index (χ4v) is 3.00. The Hall–Kier alpha value is -3.12. The number of carboxylic acid groups (broad SMARTS) is 1. The van der Waals surface area contributed by atoms with Crippen molar-refractivity contribution in [3.05, 3.63) is 71.6 Å². The number of hydrogen-bond acceptors (Lipinski definition) is 5. The minimum atomic E-state index is -0.779. The minimum absolute atomic E-state index is 0.144. The molecule has 0 radical (unpaired) electrons. The number of oxazole rings is 1. The third-order valence-electron chi connectivity index (χ3n) is 4.60. The number of nitrogens with zero attached hydrogens (tertiary/aromatic N) is 2. The van der Waals surface area contributed by atoms with Crippen molar-refractivity contribution in [2.24, 2.45) is 0 Å². The Morgan fingerprint density at radius 1 is 1.14 bits per heavy atom.